The molecule has 1 rings (SSSR count). The zero-order valence-electron chi connectivity index (χ0n) is 10.3. The summed E-state index contributed by atoms with van der Waals surface area (Å²) in [5.74, 6) is -0.680. The van der Waals surface area contributed by atoms with E-state index in [1.54, 1.807) is 13.8 Å². The number of carbonyl (C=O) groups is 3. The van der Waals surface area contributed by atoms with Crippen LogP contribution in [0.25, 0.3) is 0 Å². The third kappa shape index (κ3) is 2.34. The van der Waals surface area contributed by atoms with Crippen LogP contribution in [0.4, 0.5) is 0 Å². The molecule has 98 valence electrons. The Hall–Kier alpha value is -1.93. The van der Waals surface area contributed by atoms with Gasteiger partial charge in [-0.15, -0.1) is 4.48 Å². The Bertz CT molecular complexity index is 388. The van der Waals surface area contributed by atoms with Crippen molar-refractivity contribution in [1.29, 1.82) is 0 Å². The molecule has 0 aromatic heterocycles. The van der Waals surface area contributed by atoms with Gasteiger partial charge < -0.3 is 0 Å². The van der Waals surface area contributed by atoms with Crippen LogP contribution in [0.15, 0.2) is 9.98 Å². The number of carbonyl (C=O) groups excluding carboxylic acids is 3. The molecule has 1 unspecified atom stereocenters. The second-order valence-corrected chi connectivity index (χ2v) is 3.58. The number of hydrogen-bond donors (Lipinski definition) is 2. The molecule has 0 aromatic rings. The molecule has 0 radical (unpaired) electrons. The molecule has 1 aliphatic rings. The molecule has 8 heteroatoms. The first-order valence-corrected chi connectivity index (χ1v) is 5.59. The number of rotatable bonds is 5. The van der Waals surface area contributed by atoms with Crippen molar-refractivity contribution in [2.24, 2.45) is 9.98 Å². The standard InChI is InChI=1S/C10H15N5O3/c1-3-8(17)15(9(18)4-2)6-11-5-12-10(15)14-13-7-16/h5-7,10,14H,3-4H2,1-2H3/p+1. The third-order valence-corrected chi connectivity index (χ3v) is 2.61. The smallest absolute Gasteiger partial charge is 0.288 e. The van der Waals surface area contributed by atoms with Crippen LogP contribution >= 0.6 is 0 Å². The lowest BCUT2D eigenvalue weighted by atomic mass is 10.2. The summed E-state index contributed by atoms with van der Waals surface area (Å²) in [6, 6.07) is 0. The molecule has 1 atom stereocenters. The second-order valence-electron chi connectivity index (χ2n) is 3.58. The maximum absolute atomic E-state index is 12.1. The van der Waals surface area contributed by atoms with Gasteiger partial charge >= 0.3 is 11.8 Å². The molecule has 0 fully saturated rings. The molecule has 0 bridgehead atoms. The number of nitrogens with zero attached hydrogens (tertiary/aromatic N) is 3. The fraction of sp³-hybridized carbons (Fsp3) is 0.500. The van der Waals surface area contributed by atoms with Crippen LogP contribution in [0.5, 0.6) is 0 Å². The number of hydrogen-bond acceptors (Lipinski definition) is 6. The summed E-state index contributed by atoms with van der Waals surface area (Å²) in [6.07, 6.45) is 2.27. The van der Waals surface area contributed by atoms with Crippen LogP contribution in [-0.2, 0) is 14.4 Å². The minimum absolute atomic E-state index is 0.159. The largest absolute Gasteiger partial charge is 0.329 e. The van der Waals surface area contributed by atoms with Gasteiger partial charge in [-0.05, 0) is 0 Å². The molecular formula is C10H16N5O3+. The highest BCUT2D eigenvalue weighted by atomic mass is 16.2. The molecular weight excluding hydrogens is 238 g/mol. The fourth-order valence-electron chi connectivity index (χ4n) is 1.72. The number of amides is 3. The number of nitrogens with one attached hydrogen (secondary N) is 2. The SMILES string of the molecule is CCC(=O)[N+]1(C(=O)CC)C=NC=NC1NNC=O. The van der Waals surface area contributed by atoms with E-state index in [9.17, 15) is 14.4 Å². The summed E-state index contributed by atoms with van der Waals surface area (Å²) in [7, 11) is 0. The molecule has 3 amide bonds. The highest BCUT2D eigenvalue weighted by Gasteiger charge is 2.50. The third-order valence-electron chi connectivity index (χ3n) is 2.61. The zero-order valence-corrected chi connectivity index (χ0v) is 10.3. The molecule has 8 nitrogen and oxygen atoms in total. The molecule has 1 aliphatic heterocycles. The van der Waals surface area contributed by atoms with Gasteiger partial charge in [-0.1, -0.05) is 13.8 Å². The number of quaternary nitrogens is 1. The van der Waals surface area contributed by atoms with Gasteiger partial charge in [0.05, 0.1) is 12.8 Å². The maximum Gasteiger partial charge on any atom is 0.329 e. The minimum atomic E-state index is -0.924. The van der Waals surface area contributed by atoms with Gasteiger partial charge in [0.1, 0.15) is 6.34 Å². The van der Waals surface area contributed by atoms with E-state index in [-0.39, 0.29) is 24.7 Å². The Morgan fingerprint density at radius 2 is 1.94 bits per heavy atom. The normalized spacial score (nSPS) is 20.4. The van der Waals surface area contributed by atoms with Crippen molar-refractivity contribution >= 4 is 30.9 Å². The summed E-state index contributed by atoms with van der Waals surface area (Å²) in [4.78, 5) is 42.2. The highest BCUT2D eigenvalue weighted by molar-refractivity contribution is 5.94. The fourth-order valence-corrected chi connectivity index (χ4v) is 1.72. The van der Waals surface area contributed by atoms with E-state index < -0.39 is 10.8 Å². The molecule has 1 heterocycles. The predicted octanol–water partition coefficient (Wildman–Crippen LogP) is -0.719. The number of imide groups is 1. The first-order valence-electron chi connectivity index (χ1n) is 5.59. The molecule has 0 saturated carbocycles. The zero-order chi connectivity index (χ0) is 13.6. The van der Waals surface area contributed by atoms with Gasteiger partial charge in [-0.2, -0.15) is 15.4 Å². The molecule has 18 heavy (non-hydrogen) atoms. The van der Waals surface area contributed by atoms with E-state index >= 15 is 0 Å². The van der Waals surface area contributed by atoms with E-state index in [1.807, 2.05) is 0 Å². The average molecular weight is 254 g/mol. The van der Waals surface area contributed by atoms with Gasteiger partial charge in [0.25, 0.3) is 6.29 Å². The van der Waals surface area contributed by atoms with Gasteiger partial charge in [0.2, 0.25) is 12.7 Å². The van der Waals surface area contributed by atoms with Crippen LogP contribution in [0.2, 0.25) is 0 Å². The van der Waals surface area contributed by atoms with E-state index in [2.05, 4.69) is 20.8 Å². The van der Waals surface area contributed by atoms with Crippen molar-refractivity contribution in [3.05, 3.63) is 0 Å². The summed E-state index contributed by atoms with van der Waals surface area (Å²) in [5.41, 5.74) is 4.72. The highest BCUT2D eigenvalue weighted by Crippen LogP contribution is 2.18. The van der Waals surface area contributed by atoms with Crippen LogP contribution in [0.3, 0.4) is 0 Å². The van der Waals surface area contributed by atoms with Crippen molar-refractivity contribution in [3.8, 4) is 0 Å². The molecule has 0 spiro atoms. The van der Waals surface area contributed by atoms with Crippen LogP contribution in [-0.4, -0.2) is 41.7 Å². The lowest BCUT2D eigenvalue weighted by Gasteiger charge is -2.34. The predicted molar refractivity (Wildman–Crippen MR) is 64.0 cm³/mol. The Morgan fingerprint density at radius 3 is 2.44 bits per heavy atom. The first-order chi connectivity index (χ1) is 8.63. The van der Waals surface area contributed by atoms with Crippen LogP contribution in [0, 0.1) is 0 Å². The van der Waals surface area contributed by atoms with E-state index in [0.717, 1.165) is 0 Å². The van der Waals surface area contributed by atoms with Crippen LogP contribution < -0.4 is 10.9 Å². The quantitative estimate of drug-likeness (QED) is 0.384. The Morgan fingerprint density at radius 1 is 1.33 bits per heavy atom. The van der Waals surface area contributed by atoms with Crippen molar-refractivity contribution in [2.45, 2.75) is 33.0 Å². The molecule has 0 saturated heterocycles. The van der Waals surface area contributed by atoms with Gasteiger partial charge in [-0.25, -0.2) is 9.59 Å². The maximum atomic E-state index is 12.1. The molecule has 0 aromatic carbocycles. The summed E-state index contributed by atoms with van der Waals surface area (Å²) < 4.78 is -0.662. The van der Waals surface area contributed by atoms with Crippen molar-refractivity contribution in [1.82, 2.24) is 10.9 Å². The summed E-state index contributed by atoms with van der Waals surface area (Å²) in [6.45, 7) is 3.31. The number of hydrazine groups is 1. The summed E-state index contributed by atoms with van der Waals surface area (Å²) in [5, 5.41) is 0. The summed E-state index contributed by atoms with van der Waals surface area (Å²) >= 11 is 0. The second kappa shape index (κ2) is 6.12. The number of aliphatic imine (C=N–C) groups is 2. The van der Waals surface area contributed by atoms with Gasteiger partial charge in [-0.3, -0.25) is 10.2 Å². The Kier molecular flexibility index (Phi) is 4.81. The minimum Gasteiger partial charge on any atom is -0.288 e. The Balaban J connectivity index is 3.15. The molecule has 2 N–H and O–H groups in total. The van der Waals surface area contributed by atoms with Crippen molar-refractivity contribution < 1.29 is 18.9 Å². The van der Waals surface area contributed by atoms with Gasteiger partial charge in [0.15, 0.2) is 0 Å². The molecule has 0 aliphatic carbocycles. The first kappa shape index (κ1) is 14.1. The van der Waals surface area contributed by atoms with E-state index in [0.29, 0.717) is 6.41 Å². The van der Waals surface area contributed by atoms with Crippen molar-refractivity contribution in [2.75, 3.05) is 0 Å². The van der Waals surface area contributed by atoms with Crippen LogP contribution in [0.1, 0.15) is 26.7 Å². The topological polar surface area (TPSA) is 100.0 Å². The Labute approximate surface area is 104 Å². The van der Waals surface area contributed by atoms with E-state index in [4.69, 9.17) is 0 Å². The lowest BCUT2D eigenvalue weighted by molar-refractivity contribution is -0.715. The average Bonchev–Trinajstić information content (AvgIpc) is 2.43. The van der Waals surface area contributed by atoms with Gasteiger partial charge in [0, 0.05) is 0 Å². The lowest BCUT2D eigenvalue weighted by Crippen LogP contribution is -2.68. The van der Waals surface area contributed by atoms with Crippen molar-refractivity contribution in [3.63, 3.8) is 0 Å². The van der Waals surface area contributed by atoms with E-state index in [1.165, 1.54) is 12.7 Å². The monoisotopic (exact) mass is 254 g/mol.